The summed E-state index contributed by atoms with van der Waals surface area (Å²) >= 11 is 0. The number of unbranched alkanes of at least 4 members (excludes halogenated alkanes) is 9. The minimum Gasteiger partial charge on any atom is -0.462 e. The van der Waals surface area contributed by atoms with Crippen LogP contribution in [-0.2, 0) is 38.7 Å². The van der Waals surface area contributed by atoms with Crippen molar-refractivity contribution in [3.8, 4) is 0 Å². The summed E-state index contributed by atoms with van der Waals surface area (Å²) in [6.45, 7) is 3.50. The fourth-order valence-electron chi connectivity index (χ4n) is 4.14. The Morgan fingerprint density at radius 3 is 1.87 bits per heavy atom. The van der Waals surface area contributed by atoms with Gasteiger partial charge in [0.15, 0.2) is 12.4 Å². The van der Waals surface area contributed by atoms with Crippen molar-refractivity contribution in [1.82, 2.24) is 0 Å². The number of rotatable bonds is 21. The molecule has 1 aliphatic rings. The van der Waals surface area contributed by atoms with E-state index in [0.717, 1.165) is 57.8 Å². The molecule has 4 N–H and O–H groups in total. The van der Waals surface area contributed by atoms with E-state index in [0.29, 0.717) is 12.8 Å². The lowest BCUT2D eigenvalue weighted by Crippen LogP contribution is -2.60. The highest BCUT2D eigenvalue weighted by atomic mass is 32.2. The zero-order valence-electron chi connectivity index (χ0n) is 23.2. The molecule has 0 saturated carbocycles. The van der Waals surface area contributed by atoms with Crippen molar-refractivity contribution < 1.29 is 56.8 Å². The van der Waals surface area contributed by atoms with Crippen LogP contribution in [0.1, 0.15) is 97.3 Å². The molecular weight excluding hydrogens is 536 g/mol. The summed E-state index contributed by atoms with van der Waals surface area (Å²) in [6.07, 6.45) is 1.42. The first-order chi connectivity index (χ1) is 18.5. The first kappa shape index (κ1) is 35.7. The van der Waals surface area contributed by atoms with Crippen molar-refractivity contribution >= 4 is 22.1 Å². The van der Waals surface area contributed by atoms with Gasteiger partial charge in [0.2, 0.25) is 0 Å². The molecular formula is C26H48O12S. The Morgan fingerprint density at radius 1 is 0.769 bits per heavy atom. The highest BCUT2D eigenvalue weighted by Crippen LogP contribution is 2.23. The first-order valence-electron chi connectivity index (χ1n) is 14.1. The zero-order chi connectivity index (χ0) is 29.3. The molecule has 1 fully saturated rings. The van der Waals surface area contributed by atoms with Gasteiger partial charge in [-0.15, -0.1) is 0 Å². The van der Waals surface area contributed by atoms with Crippen LogP contribution >= 0.6 is 0 Å². The average Bonchev–Trinajstić information content (AvgIpc) is 2.87. The Hall–Kier alpha value is -1.35. The molecule has 0 spiro atoms. The normalized spacial score (nSPS) is 24.3. The molecule has 0 aromatic heterocycles. The van der Waals surface area contributed by atoms with Crippen LogP contribution in [0.15, 0.2) is 0 Å². The van der Waals surface area contributed by atoms with E-state index in [1.165, 1.54) is 0 Å². The third-order valence-corrected chi connectivity index (χ3v) is 7.19. The summed E-state index contributed by atoms with van der Waals surface area (Å²) in [5.41, 5.74) is 0. The van der Waals surface area contributed by atoms with E-state index >= 15 is 0 Å². The van der Waals surface area contributed by atoms with Crippen LogP contribution in [0.25, 0.3) is 0 Å². The molecule has 0 bridgehead atoms. The van der Waals surface area contributed by atoms with E-state index in [-0.39, 0.29) is 19.4 Å². The fourth-order valence-corrected chi connectivity index (χ4v) is 4.83. The van der Waals surface area contributed by atoms with Crippen molar-refractivity contribution in [1.29, 1.82) is 0 Å². The Labute approximate surface area is 232 Å². The average molecular weight is 585 g/mol. The number of aliphatic hydroxyl groups excluding tert-OH is 3. The van der Waals surface area contributed by atoms with Gasteiger partial charge in [-0.2, -0.15) is 8.42 Å². The zero-order valence-corrected chi connectivity index (χ0v) is 24.1. The molecule has 12 nitrogen and oxygen atoms in total. The van der Waals surface area contributed by atoms with Crippen LogP contribution in [0.4, 0.5) is 0 Å². The van der Waals surface area contributed by atoms with E-state index in [9.17, 15) is 33.3 Å². The van der Waals surface area contributed by atoms with Gasteiger partial charge < -0.3 is 34.3 Å². The monoisotopic (exact) mass is 584 g/mol. The molecule has 0 aromatic rings. The number of hydrogen-bond acceptors (Lipinski definition) is 11. The molecule has 0 aliphatic carbocycles. The maximum atomic E-state index is 12.4. The smallest absolute Gasteiger partial charge is 0.306 e. The largest absolute Gasteiger partial charge is 0.462 e. The third kappa shape index (κ3) is 15.9. The van der Waals surface area contributed by atoms with Crippen LogP contribution < -0.4 is 0 Å². The lowest BCUT2D eigenvalue weighted by atomic mass is 10.00. The minimum atomic E-state index is -4.58. The van der Waals surface area contributed by atoms with E-state index in [4.69, 9.17) is 23.5 Å². The van der Waals surface area contributed by atoms with Crippen molar-refractivity contribution in [2.24, 2.45) is 0 Å². The molecule has 39 heavy (non-hydrogen) atoms. The molecule has 0 radical (unpaired) electrons. The molecule has 6 atom stereocenters. The van der Waals surface area contributed by atoms with Crippen molar-refractivity contribution in [2.75, 3.05) is 19.0 Å². The summed E-state index contributed by atoms with van der Waals surface area (Å²) in [4.78, 5) is 24.6. The lowest BCUT2D eigenvalue weighted by molar-refractivity contribution is -0.297. The summed E-state index contributed by atoms with van der Waals surface area (Å²) in [5, 5.41) is 30.3. The molecule has 230 valence electrons. The van der Waals surface area contributed by atoms with Crippen molar-refractivity contribution in [3.63, 3.8) is 0 Å². The molecule has 0 aromatic carbocycles. The Balaban J connectivity index is 2.69. The topological polar surface area (TPSA) is 186 Å². The van der Waals surface area contributed by atoms with E-state index in [1.54, 1.807) is 0 Å². The number of ether oxygens (including phenoxy) is 4. The van der Waals surface area contributed by atoms with Crippen LogP contribution in [0, 0.1) is 0 Å². The van der Waals surface area contributed by atoms with Gasteiger partial charge in [0.05, 0.1) is 6.61 Å². The number of carbonyl (C=O) groups excluding carboxylic acids is 2. The van der Waals surface area contributed by atoms with Gasteiger partial charge in [-0.05, 0) is 12.8 Å². The fraction of sp³-hybridized carbons (Fsp3) is 0.923. The van der Waals surface area contributed by atoms with E-state index in [2.05, 4.69) is 13.8 Å². The second-order valence-corrected chi connectivity index (χ2v) is 11.6. The van der Waals surface area contributed by atoms with Crippen LogP contribution in [0.3, 0.4) is 0 Å². The Kier molecular flexibility index (Phi) is 18.0. The van der Waals surface area contributed by atoms with Gasteiger partial charge >= 0.3 is 11.9 Å². The number of aliphatic hydroxyl groups is 3. The first-order valence-corrected chi connectivity index (χ1v) is 15.7. The lowest BCUT2D eigenvalue weighted by Gasteiger charge is -2.40. The van der Waals surface area contributed by atoms with Gasteiger partial charge in [-0.25, -0.2) is 0 Å². The molecule has 0 unspecified atom stereocenters. The summed E-state index contributed by atoms with van der Waals surface area (Å²) in [7, 11) is -4.58. The maximum absolute atomic E-state index is 12.4. The van der Waals surface area contributed by atoms with Crippen LogP contribution in [-0.4, -0.2) is 96.0 Å². The molecule has 1 saturated heterocycles. The second-order valence-electron chi connectivity index (χ2n) is 10.1. The number of hydrogen-bond donors (Lipinski definition) is 4. The second kappa shape index (κ2) is 19.7. The van der Waals surface area contributed by atoms with Gasteiger partial charge in [0, 0.05) is 12.8 Å². The quantitative estimate of drug-likeness (QED) is 0.0877. The van der Waals surface area contributed by atoms with E-state index < -0.39 is 71.2 Å². The number of esters is 2. The predicted octanol–water partition coefficient (Wildman–Crippen LogP) is 2.26. The van der Waals surface area contributed by atoms with E-state index in [1.807, 2.05) is 0 Å². The summed E-state index contributed by atoms with van der Waals surface area (Å²) in [6, 6.07) is 0. The van der Waals surface area contributed by atoms with Crippen molar-refractivity contribution in [2.45, 2.75) is 134 Å². The standard InChI is InChI=1S/C26H48O12S/c1-3-5-7-9-11-13-15-22(28)37-19(16-35-21(27)14-12-10-8-6-4-2)17-36-26-25(31)24(30)23(29)20(38-26)18-39(32,33)34/h19-20,23-26,29-31H,3-18H2,1-2H3,(H,32,33,34)/t19-,20-,23-,24+,25-,26-/m1/s1. The Morgan fingerprint density at radius 2 is 1.31 bits per heavy atom. The van der Waals surface area contributed by atoms with Crippen molar-refractivity contribution in [3.05, 3.63) is 0 Å². The predicted molar refractivity (Wildman–Crippen MR) is 141 cm³/mol. The van der Waals surface area contributed by atoms with Gasteiger partial charge in [-0.1, -0.05) is 71.6 Å². The summed E-state index contributed by atoms with van der Waals surface area (Å²) in [5.74, 6) is -2.01. The molecule has 1 rings (SSSR count). The SMILES string of the molecule is CCCCCCCCC(=O)O[C@H](COC(=O)CCCCCCC)CO[C@@H]1O[C@H](CS(=O)(=O)O)[C@@H](O)[C@H](O)[C@H]1O. The highest BCUT2D eigenvalue weighted by molar-refractivity contribution is 7.85. The Bertz CT molecular complexity index is 790. The number of carbonyl (C=O) groups is 2. The van der Waals surface area contributed by atoms with Crippen LogP contribution in [0.2, 0.25) is 0 Å². The van der Waals surface area contributed by atoms with Gasteiger partial charge in [-0.3, -0.25) is 14.1 Å². The minimum absolute atomic E-state index is 0.165. The maximum Gasteiger partial charge on any atom is 0.306 e. The molecule has 1 heterocycles. The highest BCUT2D eigenvalue weighted by Gasteiger charge is 2.46. The third-order valence-electron chi connectivity index (χ3n) is 6.44. The molecule has 13 heteroatoms. The summed E-state index contributed by atoms with van der Waals surface area (Å²) < 4.78 is 53.0. The van der Waals surface area contributed by atoms with Gasteiger partial charge in [0.25, 0.3) is 10.1 Å². The van der Waals surface area contributed by atoms with Crippen LogP contribution in [0.5, 0.6) is 0 Å². The molecule has 0 amide bonds. The van der Waals surface area contributed by atoms with Gasteiger partial charge in [0.1, 0.15) is 36.8 Å². The molecule has 1 aliphatic heterocycles.